The molecule has 1 atom stereocenters. The maximum absolute atomic E-state index is 12.5. The van der Waals surface area contributed by atoms with E-state index in [1.165, 1.54) is 25.9 Å². The number of carbonyl (C=O) groups excluding carboxylic acids is 1. The third kappa shape index (κ3) is 3.17. The molecule has 3 aliphatic heterocycles. The number of amides is 1. The average molecular weight is 326 g/mol. The molecule has 1 unspecified atom stereocenters. The van der Waals surface area contributed by atoms with Gasteiger partial charge < -0.3 is 19.4 Å². The highest BCUT2D eigenvalue weighted by molar-refractivity contribution is 5.94. The standard InChI is InChI=1S/C19H22N2O3/c1-13-2-7-18(23-13)24-16-5-3-15(4-6-16)19(22)20-17-12-21-10-8-14(17)9-11-21/h2-7,14,17H,8-12H2,1H3,(H,20,22). The molecular formula is C19H22N2O3. The van der Waals surface area contributed by atoms with Crippen LogP contribution in [-0.2, 0) is 0 Å². The minimum atomic E-state index is -0.00542. The summed E-state index contributed by atoms with van der Waals surface area (Å²) in [6, 6.07) is 11.1. The van der Waals surface area contributed by atoms with Crippen molar-refractivity contribution in [2.45, 2.75) is 25.8 Å². The van der Waals surface area contributed by atoms with Crippen molar-refractivity contribution in [1.29, 1.82) is 0 Å². The van der Waals surface area contributed by atoms with Crippen LogP contribution in [0.4, 0.5) is 0 Å². The Bertz CT molecular complexity index is 714. The molecule has 1 aromatic carbocycles. The second-order valence-corrected chi connectivity index (χ2v) is 6.71. The Morgan fingerprint density at radius 1 is 1.17 bits per heavy atom. The second-order valence-electron chi connectivity index (χ2n) is 6.71. The molecule has 5 rings (SSSR count). The topological polar surface area (TPSA) is 54.7 Å². The lowest BCUT2D eigenvalue weighted by Gasteiger charge is -2.44. The Hall–Kier alpha value is -2.27. The van der Waals surface area contributed by atoms with E-state index in [1.54, 1.807) is 30.3 Å². The van der Waals surface area contributed by atoms with E-state index in [2.05, 4.69) is 10.2 Å². The number of rotatable bonds is 4. The van der Waals surface area contributed by atoms with E-state index in [0.29, 0.717) is 23.2 Å². The van der Waals surface area contributed by atoms with Gasteiger partial charge in [-0.25, -0.2) is 0 Å². The summed E-state index contributed by atoms with van der Waals surface area (Å²) in [6.07, 6.45) is 2.39. The molecule has 4 heterocycles. The van der Waals surface area contributed by atoms with Crippen LogP contribution in [0.5, 0.6) is 11.7 Å². The molecule has 1 N–H and O–H groups in total. The molecular weight excluding hydrogens is 304 g/mol. The third-order valence-electron chi connectivity index (χ3n) is 5.02. The first kappa shape index (κ1) is 15.3. The van der Waals surface area contributed by atoms with Crippen LogP contribution in [0, 0.1) is 12.8 Å². The Morgan fingerprint density at radius 3 is 2.50 bits per heavy atom. The highest BCUT2D eigenvalue weighted by Gasteiger charge is 2.34. The third-order valence-corrected chi connectivity index (χ3v) is 5.02. The monoisotopic (exact) mass is 326 g/mol. The van der Waals surface area contributed by atoms with E-state index < -0.39 is 0 Å². The number of furan rings is 1. The van der Waals surface area contributed by atoms with Crippen LogP contribution >= 0.6 is 0 Å². The van der Waals surface area contributed by atoms with Crippen molar-refractivity contribution in [3.63, 3.8) is 0 Å². The molecule has 5 heteroatoms. The fraction of sp³-hybridized carbons (Fsp3) is 0.421. The molecule has 5 nitrogen and oxygen atoms in total. The van der Waals surface area contributed by atoms with Crippen molar-refractivity contribution < 1.29 is 13.9 Å². The van der Waals surface area contributed by atoms with Gasteiger partial charge in [0, 0.05) is 24.2 Å². The van der Waals surface area contributed by atoms with Gasteiger partial charge in [-0.15, -0.1) is 0 Å². The SMILES string of the molecule is Cc1ccc(Oc2ccc(C(=O)NC3CN4CCC3CC4)cc2)o1. The van der Waals surface area contributed by atoms with Crippen LogP contribution in [0.15, 0.2) is 40.8 Å². The number of carbonyl (C=O) groups is 1. The van der Waals surface area contributed by atoms with Crippen LogP contribution in [0.3, 0.4) is 0 Å². The lowest BCUT2D eigenvalue weighted by atomic mass is 9.84. The van der Waals surface area contributed by atoms with Crippen molar-refractivity contribution in [1.82, 2.24) is 10.2 Å². The first-order valence-corrected chi connectivity index (χ1v) is 8.55. The number of piperidine rings is 3. The molecule has 0 spiro atoms. The maximum Gasteiger partial charge on any atom is 0.290 e. The Morgan fingerprint density at radius 2 is 1.92 bits per heavy atom. The molecule has 2 bridgehead atoms. The highest BCUT2D eigenvalue weighted by Crippen LogP contribution is 2.28. The Balaban J connectivity index is 1.38. The van der Waals surface area contributed by atoms with E-state index in [9.17, 15) is 4.79 Å². The van der Waals surface area contributed by atoms with E-state index in [0.717, 1.165) is 12.3 Å². The largest absolute Gasteiger partial charge is 0.431 e. The Kier molecular flexibility index (Phi) is 4.02. The minimum Gasteiger partial charge on any atom is -0.431 e. The Labute approximate surface area is 141 Å². The molecule has 3 fully saturated rings. The molecule has 2 aromatic rings. The average Bonchev–Trinajstić information content (AvgIpc) is 3.01. The molecule has 24 heavy (non-hydrogen) atoms. The van der Waals surface area contributed by atoms with Gasteiger partial charge in [-0.1, -0.05) is 0 Å². The van der Waals surface area contributed by atoms with Crippen LogP contribution in [0.25, 0.3) is 0 Å². The summed E-state index contributed by atoms with van der Waals surface area (Å²) in [5.74, 6) is 2.54. The van der Waals surface area contributed by atoms with E-state index >= 15 is 0 Å². The quantitative estimate of drug-likeness (QED) is 0.937. The van der Waals surface area contributed by atoms with Gasteiger partial charge in [-0.05, 0) is 69.1 Å². The number of hydrogen-bond donors (Lipinski definition) is 1. The normalized spacial score (nSPS) is 25.5. The summed E-state index contributed by atoms with van der Waals surface area (Å²) < 4.78 is 11.0. The molecule has 0 aliphatic carbocycles. The van der Waals surface area contributed by atoms with Crippen molar-refractivity contribution >= 4 is 5.91 Å². The van der Waals surface area contributed by atoms with Gasteiger partial charge in [0.25, 0.3) is 11.9 Å². The van der Waals surface area contributed by atoms with Crippen LogP contribution in [0.1, 0.15) is 29.0 Å². The van der Waals surface area contributed by atoms with Crippen molar-refractivity contribution in [3.05, 3.63) is 47.7 Å². The van der Waals surface area contributed by atoms with Gasteiger partial charge in [0.05, 0.1) is 0 Å². The van der Waals surface area contributed by atoms with Gasteiger partial charge in [0.15, 0.2) is 0 Å². The fourth-order valence-corrected chi connectivity index (χ4v) is 3.64. The molecule has 126 valence electrons. The van der Waals surface area contributed by atoms with Gasteiger partial charge >= 0.3 is 0 Å². The molecule has 1 aromatic heterocycles. The first-order valence-electron chi connectivity index (χ1n) is 8.55. The number of fused-ring (bicyclic) bond motifs is 3. The zero-order chi connectivity index (χ0) is 16.5. The van der Waals surface area contributed by atoms with Gasteiger partial charge in [-0.2, -0.15) is 0 Å². The smallest absolute Gasteiger partial charge is 0.290 e. The van der Waals surface area contributed by atoms with E-state index in [4.69, 9.17) is 9.15 Å². The zero-order valence-electron chi connectivity index (χ0n) is 13.8. The number of nitrogens with zero attached hydrogens (tertiary/aromatic N) is 1. The second kappa shape index (κ2) is 6.32. The maximum atomic E-state index is 12.5. The van der Waals surface area contributed by atoms with Crippen molar-refractivity contribution in [2.75, 3.05) is 19.6 Å². The summed E-state index contributed by atoms with van der Waals surface area (Å²) in [6.45, 7) is 5.20. The predicted molar refractivity (Wildman–Crippen MR) is 90.4 cm³/mol. The predicted octanol–water partition coefficient (Wildman–Crippen LogP) is 3.20. The van der Waals surface area contributed by atoms with E-state index in [1.807, 2.05) is 13.0 Å². The summed E-state index contributed by atoms with van der Waals surface area (Å²) in [5, 5.41) is 3.20. The summed E-state index contributed by atoms with van der Waals surface area (Å²) >= 11 is 0. The van der Waals surface area contributed by atoms with Gasteiger partial charge in [-0.3, -0.25) is 4.79 Å². The highest BCUT2D eigenvalue weighted by atomic mass is 16.6. The minimum absolute atomic E-state index is 0.00542. The molecule has 3 saturated heterocycles. The van der Waals surface area contributed by atoms with Crippen molar-refractivity contribution in [2.24, 2.45) is 5.92 Å². The van der Waals surface area contributed by atoms with Crippen LogP contribution < -0.4 is 10.1 Å². The fourth-order valence-electron chi connectivity index (χ4n) is 3.64. The summed E-state index contributed by atoms with van der Waals surface area (Å²) in [5.41, 5.74) is 0.662. The van der Waals surface area contributed by atoms with Crippen LogP contribution in [-0.4, -0.2) is 36.5 Å². The van der Waals surface area contributed by atoms with Gasteiger partial charge in [0.2, 0.25) is 0 Å². The number of aryl methyl sites for hydroxylation is 1. The summed E-state index contributed by atoms with van der Waals surface area (Å²) in [7, 11) is 0. The van der Waals surface area contributed by atoms with Crippen LogP contribution in [0.2, 0.25) is 0 Å². The van der Waals surface area contributed by atoms with Gasteiger partial charge in [0.1, 0.15) is 11.5 Å². The first-order chi connectivity index (χ1) is 11.7. The number of ether oxygens (including phenoxy) is 1. The number of hydrogen-bond acceptors (Lipinski definition) is 4. The zero-order valence-corrected chi connectivity index (χ0v) is 13.8. The molecule has 0 radical (unpaired) electrons. The lowest BCUT2D eigenvalue weighted by molar-refractivity contribution is 0.0620. The molecule has 3 aliphatic rings. The number of benzene rings is 1. The molecule has 0 saturated carbocycles. The summed E-state index contributed by atoms with van der Waals surface area (Å²) in [4.78, 5) is 14.9. The van der Waals surface area contributed by atoms with E-state index in [-0.39, 0.29) is 11.9 Å². The molecule has 1 amide bonds. The lowest BCUT2D eigenvalue weighted by Crippen LogP contribution is -2.57. The number of nitrogens with one attached hydrogen (secondary N) is 1. The van der Waals surface area contributed by atoms with Crippen molar-refractivity contribution in [3.8, 4) is 11.7 Å².